The number of thiazole rings is 1. The number of hydrogen-bond donors (Lipinski definition) is 0. The molecule has 65 heavy (non-hydrogen) atoms. The fourth-order valence-corrected chi connectivity index (χ4v) is 10.3. The lowest BCUT2D eigenvalue weighted by Crippen LogP contribution is -2.07. The Kier molecular flexibility index (Phi) is 8.60. The van der Waals surface area contributed by atoms with Crippen molar-refractivity contribution in [3.63, 3.8) is 0 Å². The van der Waals surface area contributed by atoms with Gasteiger partial charge in [-0.1, -0.05) is 182 Å². The summed E-state index contributed by atoms with van der Waals surface area (Å²) in [5, 5.41) is 5.60. The molecule has 0 aliphatic carbocycles. The third-order valence-electron chi connectivity index (χ3n) is 12.4. The number of hydrogen-bond acceptors (Lipinski definition) is 5. The van der Waals surface area contributed by atoms with Crippen LogP contribution in [0.15, 0.2) is 218 Å². The van der Waals surface area contributed by atoms with Crippen molar-refractivity contribution in [2.75, 3.05) is 0 Å². The number of benzene rings is 9. The quantitative estimate of drug-likeness (QED) is 0.160. The Bertz CT molecular complexity index is 3910. The van der Waals surface area contributed by atoms with Gasteiger partial charge in [-0.2, -0.15) is 9.97 Å². The van der Waals surface area contributed by atoms with Crippen LogP contribution in [0.25, 0.3) is 121 Å². The van der Waals surface area contributed by atoms with E-state index in [4.69, 9.17) is 19.9 Å². The fraction of sp³-hybridized carbons (Fsp3) is 0. The Morgan fingerprint density at radius 3 is 1.43 bits per heavy atom. The minimum Gasteiger partial charge on any atom is -0.307 e. The van der Waals surface area contributed by atoms with E-state index >= 15 is 0 Å². The van der Waals surface area contributed by atoms with Crippen molar-refractivity contribution < 1.29 is 0 Å². The van der Waals surface area contributed by atoms with Gasteiger partial charge >= 0.3 is 0 Å². The second-order valence-electron chi connectivity index (χ2n) is 16.3. The molecule has 7 heteroatoms. The van der Waals surface area contributed by atoms with Crippen molar-refractivity contribution in [2.45, 2.75) is 0 Å². The number of fused-ring (bicyclic) bond motifs is 8. The lowest BCUT2D eigenvalue weighted by atomic mass is 10.0. The van der Waals surface area contributed by atoms with E-state index in [9.17, 15) is 0 Å². The van der Waals surface area contributed by atoms with Crippen LogP contribution in [-0.2, 0) is 0 Å². The lowest BCUT2D eigenvalue weighted by Gasteiger charge is -2.14. The highest BCUT2D eigenvalue weighted by Gasteiger charge is 2.23. The first kappa shape index (κ1) is 37.1. The first-order chi connectivity index (χ1) is 32.2. The Hall–Kier alpha value is -8.52. The Morgan fingerprint density at radius 1 is 0.323 bits per heavy atom. The minimum absolute atomic E-state index is 0.555. The molecule has 0 saturated heterocycles. The average Bonchev–Trinajstić information content (AvgIpc) is 4.07. The van der Waals surface area contributed by atoms with E-state index in [1.807, 2.05) is 30.3 Å². The van der Waals surface area contributed by atoms with Gasteiger partial charge in [-0.05, 0) is 58.7 Å². The predicted molar refractivity (Wildman–Crippen MR) is 269 cm³/mol. The van der Waals surface area contributed by atoms with E-state index in [2.05, 4.69) is 197 Å². The van der Waals surface area contributed by atoms with Crippen molar-refractivity contribution in [1.29, 1.82) is 0 Å². The van der Waals surface area contributed by atoms with Crippen molar-refractivity contribution >= 4 is 65.2 Å². The maximum Gasteiger partial charge on any atom is 0.238 e. The van der Waals surface area contributed by atoms with E-state index in [1.165, 1.54) is 10.1 Å². The van der Waals surface area contributed by atoms with Crippen LogP contribution >= 0.6 is 11.3 Å². The van der Waals surface area contributed by atoms with Crippen LogP contribution in [0.3, 0.4) is 0 Å². The summed E-state index contributed by atoms with van der Waals surface area (Å²) in [6, 6.07) is 76.9. The van der Waals surface area contributed by atoms with Crippen LogP contribution in [0.4, 0.5) is 0 Å². The number of nitrogens with zero attached hydrogens (tertiary/aromatic N) is 6. The molecular weight excluding hydrogens is 813 g/mol. The monoisotopic (exact) mass is 848 g/mol. The van der Waals surface area contributed by atoms with Gasteiger partial charge in [0.2, 0.25) is 5.95 Å². The molecule has 9 aromatic carbocycles. The molecule has 0 saturated carbocycles. The zero-order valence-electron chi connectivity index (χ0n) is 34.9. The summed E-state index contributed by atoms with van der Waals surface area (Å²) >= 11 is 1.73. The fourth-order valence-electron chi connectivity index (χ4n) is 9.34. The second kappa shape index (κ2) is 15.1. The maximum absolute atomic E-state index is 5.35. The molecule has 13 rings (SSSR count). The van der Waals surface area contributed by atoms with Gasteiger partial charge in [0.15, 0.2) is 11.6 Å². The van der Waals surface area contributed by atoms with Crippen LogP contribution in [0, 0.1) is 0 Å². The van der Waals surface area contributed by atoms with Gasteiger partial charge in [0.1, 0.15) is 5.01 Å². The second-order valence-corrected chi connectivity index (χ2v) is 17.3. The molecule has 0 unspecified atom stereocenters. The molecule has 0 radical (unpaired) electrons. The van der Waals surface area contributed by atoms with E-state index in [-0.39, 0.29) is 0 Å². The molecule has 0 spiro atoms. The molecule has 0 N–H and O–H groups in total. The molecular formula is C58H36N6S. The Morgan fingerprint density at radius 2 is 0.785 bits per heavy atom. The smallest absolute Gasteiger partial charge is 0.238 e. The summed E-state index contributed by atoms with van der Waals surface area (Å²) in [6.45, 7) is 0. The number of rotatable bonds is 7. The molecule has 4 heterocycles. The van der Waals surface area contributed by atoms with Gasteiger partial charge in [0.05, 0.1) is 32.3 Å². The first-order valence-corrected chi connectivity index (χ1v) is 22.5. The highest BCUT2D eigenvalue weighted by Crippen LogP contribution is 2.42. The van der Waals surface area contributed by atoms with Crippen molar-refractivity contribution in [3.05, 3.63) is 218 Å². The molecule has 0 amide bonds. The summed E-state index contributed by atoms with van der Waals surface area (Å²) in [5.41, 5.74) is 13.9. The Labute approximate surface area is 378 Å². The van der Waals surface area contributed by atoms with Gasteiger partial charge in [0, 0.05) is 43.9 Å². The molecule has 0 bridgehead atoms. The summed E-state index contributed by atoms with van der Waals surface area (Å²) in [6.07, 6.45) is 0. The molecule has 4 aromatic heterocycles. The van der Waals surface area contributed by atoms with E-state index in [0.29, 0.717) is 17.6 Å². The van der Waals surface area contributed by atoms with Crippen LogP contribution in [0.5, 0.6) is 0 Å². The molecule has 13 aromatic rings. The highest BCUT2D eigenvalue weighted by molar-refractivity contribution is 7.21. The molecule has 304 valence electrons. The summed E-state index contributed by atoms with van der Waals surface area (Å²) < 4.78 is 5.83. The molecule has 0 fully saturated rings. The van der Waals surface area contributed by atoms with Gasteiger partial charge < -0.3 is 4.57 Å². The van der Waals surface area contributed by atoms with Crippen molar-refractivity contribution in [1.82, 2.24) is 29.1 Å². The predicted octanol–water partition coefficient (Wildman–Crippen LogP) is 15.0. The topological polar surface area (TPSA) is 61.4 Å². The number of aromatic nitrogens is 6. The lowest BCUT2D eigenvalue weighted by molar-refractivity contribution is 0.953. The first-order valence-electron chi connectivity index (χ1n) is 21.7. The third-order valence-corrected chi connectivity index (χ3v) is 13.5. The zero-order valence-corrected chi connectivity index (χ0v) is 35.7. The summed E-state index contributed by atoms with van der Waals surface area (Å²) in [4.78, 5) is 20.8. The summed E-state index contributed by atoms with van der Waals surface area (Å²) in [5.74, 6) is 1.77. The molecule has 6 nitrogen and oxygen atoms in total. The molecule has 0 aliphatic heterocycles. The Balaban J connectivity index is 1.01. The normalized spacial score (nSPS) is 11.7. The van der Waals surface area contributed by atoms with E-state index in [0.717, 1.165) is 93.4 Å². The summed E-state index contributed by atoms with van der Waals surface area (Å²) in [7, 11) is 0. The standard InChI is InChI=1S/C58H36N6S/c1-4-14-37(15-5-1)38-24-26-41(27-25-38)56-60-55(40-16-6-2-7-17-40)61-58(62-56)64-51-23-13-11-21-46(51)48-34-33-47-45-20-10-12-22-50(45)63(53(47)54(48)64)44-31-28-39(29-32-44)43-30-35-52-49(36-43)59-57(65-52)42-18-8-3-9-19-42/h1-36H. The van der Waals surface area contributed by atoms with Crippen LogP contribution < -0.4 is 0 Å². The van der Waals surface area contributed by atoms with Gasteiger partial charge in [-0.25, -0.2) is 9.97 Å². The van der Waals surface area contributed by atoms with E-state index in [1.54, 1.807) is 11.3 Å². The SMILES string of the molecule is c1ccc(-c2ccc(-c3nc(-c4ccccc4)nc(-n4c5ccccc5c5ccc6c7ccccc7n(-c7ccc(-c8ccc9sc(-c%10ccccc%10)nc9c8)cc7)c6c54)n3)cc2)cc1. The largest absolute Gasteiger partial charge is 0.307 e. The van der Waals surface area contributed by atoms with Gasteiger partial charge in [0.25, 0.3) is 0 Å². The highest BCUT2D eigenvalue weighted by atomic mass is 32.1. The van der Waals surface area contributed by atoms with Crippen LogP contribution in [-0.4, -0.2) is 29.1 Å². The third kappa shape index (κ3) is 6.24. The zero-order chi connectivity index (χ0) is 42.8. The van der Waals surface area contributed by atoms with Gasteiger partial charge in [-0.3, -0.25) is 4.57 Å². The van der Waals surface area contributed by atoms with Crippen LogP contribution in [0.1, 0.15) is 0 Å². The minimum atomic E-state index is 0.555. The molecule has 0 atom stereocenters. The molecule has 0 aliphatic rings. The maximum atomic E-state index is 5.35. The van der Waals surface area contributed by atoms with Crippen molar-refractivity contribution in [3.8, 4) is 67.2 Å². The van der Waals surface area contributed by atoms with Crippen LogP contribution in [0.2, 0.25) is 0 Å². The van der Waals surface area contributed by atoms with E-state index < -0.39 is 0 Å². The average molecular weight is 849 g/mol. The van der Waals surface area contributed by atoms with Crippen molar-refractivity contribution in [2.24, 2.45) is 0 Å². The van der Waals surface area contributed by atoms with Gasteiger partial charge in [-0.15, -0.1) is 11.3 Å². The number of para-hydroxylation sites is 2.